The highest BCUT2D eigenvalue weighted by molar-refractivity contribution is 6.08. The van der Waals surface area contributed by atoms with Gasteiger partial charge in [0.25, 0.3) is 0 Å². The molecule has 5 heteroatoms. The quantitative estimate of drug-likeness (QED) is 0.187. The highest BCUT2D eigenvalue weighted by Gasteiger charge is 2.16. The number of aliphatic carboxylic acids is 1. The van der Waals surface area contributed by atoms with Gasteiger partial charge >= 0.3 is 5.97 Å². The molecular formula is C33H37NO4. The lowest BCUT2D eigenvalue weighted by molar-refractivity contribution is -0.137. The van der Waals surface area contributed by atoms with Gasteiger partial charge in [0.15, 0.2) is 5.78 Å². The zero-order valence-corrected chi connectivity index (χ0v) is 22.5. The number of rotatable bonds is 13. The molecule has 0 aliphatic carbocycles. The number of carbonyl (C=O) groups excluding carboxylic acids is 1. The number of aryl methyl sites for hydroxylation is 1. The molecule has 0 fully saturated rings. The molecular weight excluding hydrogens is 474 g/mol. The van der Waals surface area contributed by atoms with Crippen molar-refractivity contribution in [3.63, 3.8) is 0 Å². The zero-order valence-electron chi connectivity index (χ0n) is 22.5. The fraction of sp³-hybridized carbons (Fsp3) is 0.333. The summed E-state index contributed by atoms with van der Waals surface area (Å²) in [5, 5.41) is 9.86. The third-order valence-corrected chi connectivity index (χ3v) is 7.21. The predicted molar refractivity (Wildman–Crippen MR) is 152 cm³/mol. The number of aromatic nitrogens is 1. The molecule has 1 N–H and O–H groups in total. The van der Waals surface area contributed by atoms with Gasteiger partial charge in [0, 0.05) is 42.0 Å². The topological polar surface area (TPSA) is 68.5 Å². The second kappa shape index (κ2) is 12.6. The van der Waals surface area contributed by atoms with E-state index in [-0.39, 0.29) is 24.7 Å². The maximum atomic E-state index is 13.2. The van der Waals surface area contributed by atoms with Crippen molar-refractivity contribution in [3.8, 4) is 5.75 Å². The van der Waals surface area contributed by atoms with Crippen molar-refractivity contribution in [2.24, 2.45) is 5.92 Å². The van der Waals surface area contributed by atoms with Crippen molar-refractivity contribution in [2.45, 2.75) is 65.5 Å². The number of carboxylic acids is 1. The number of ketones is 1. The Morgan fingerprint density at radius 3 is 2.29 bits per heavy atom. The van der Waals surface area contributed by atoms with Crippen LogP contribution in [-0.4, -0.2) is 21.4 Å². The van der Waals surface area contributed by atoms with Gasteiger partial charge in [-0.15, -0.1) is 0 Å². The van der Waals surface area contributed by atoms with Gasteiger partial charge in [-0.2, -0.15) is 0 Å². The summed E-state index contributed by atoms with van der Waals surface area (Å²) in [7, 11) is 0. The highest BCUT2D eigenvalue weighted by Crippen LogP contribution is 2.26. The zero-order chi connectivity index (χ0) is 27.1. The molecule has 198 valence electrons. The van der Waals surface area contributed by atoms with Crippen LogP contribution < -0.4 is 4.74 Å². The number of nitrogens with zero attached hydrogens (tertiary/aromatic N) is 1. The lowest BCUT2D eigenvalue weighted by atomic mass is 9.97. The summed E-state index contributed by atoms with van der Waals surface area (Å²) < 4.78 is 8.16. The average molecular weight is 512 g/mol. The first-order valence-electron chi connectivity index (χ1n) is 13.5. The second-order valence-electron chi connectivity index (χ2n) is 10.2. The summed E-state index contributed by atoms with van der Waals surface area (Å²) >= 11 is 0. The molecule has 0 saturated heterocycles. The summed E-state index contributed by atoms with van der Waals surface area (Å²) in [6.45, 7) is 7.11. The Bertz CT molecular complexity index is 1370. The summed E-state index contributed by atoms with van der Waals surface area (Å²) in [5.74, 6) is 0.682. The molecule has 0 saturated carbocycles. The fourth-order valence-corrected chi connectivity index (χ4v) is 4.76. The Labute approximate surface area is 225 Å². The van der Waals surface area contributed by atoms with Crippen LogP contribution in [0.5, 0.6) is 5.75 Å². The van der Waals surface area contributed by atoms with Gasteiger partial charge in [-0.25, -0.2) is 0 Å². The molecule has 0 spiro atoms. The molecule has 2 atom stereocenters. The lowest BCUT2D eigenvalue weighted by Gasteiger charge is -2.16. The van der Waals surface area contributed by atoms with Gasteiger partial charge in [0.05, 0.1) is 0 Å². The van der Waals surface area contributed by atoms with Gasteiger partial charge in [-0.3, -0.25) is 9.59 Å². The lowest BCUT2D eigenvalue weighted by Crippen LogP contribution is -2.05. The van der Waals surface area contributed by atoms with Crippen molar-refractivity contribution in [1.29, 1.82) is 0 Å². The Kier molecular flexibility index (Phi) is 9.01. The number of hydrogen-bond donors (Lipinski definition) is 1. The Hall–Kier alpha value is -3.86. The van der Waals surface area contributed by atoms with Crippen LogP contribution >= 0.6 is 0 Å². The summed E-state index contributed by atoms with van der Waals surface area (Å²) in [5.41, 5.74) is 5.03. The van der Waals surface area contributed by atoms with Crippen LogP contribution in [0.15, 0.2) is 79.0 Å². The molecule has 5 nitrogen and oxygen atoms in total. The largest absolute Gasteiger partial charge is 0.486 e. The van der Waals surface area contributed by atoms with Crippen molar-refractivity contribution >= 4 is 22.7 Å². The van der Waals surface area contributed by atoms with E-state index in [1.54, 1.807) is 0 Å². The molecule has 2 unspecified atom stereocenters. The Morgan fingerprint density at radius 2 is 1.61 bits per heavy atom. The summed E-state index contributed by atoms with van der Waals surface area (Å²) in [4.78, 5) is 24.2. The molecule has 0 aliphatic rings. The highest BCUT2D eigenvalue weighted by atomic mass is 16.5. The standard InChI is InChI=1S/C33H37NO4/c1-4-23(2)20-25-11-15-27(16-12-25)24(3)38-28-17-13-26(14-18-28)21-32(35)30-22-34(19-7-10-33(36)37)31-9-6-5-8-29(30)31/h5-6,8-9,11-18,22-24H,4,7,10,19-21H2,1-3H3,(H,36,37). The minimum atomic E-state index is -0.811. The van der Waals surface area contributed by atoms with Crippen LogP contribution in [0.2, 0.25) is 0 Å². The first kappa shape index (κ1) is 27.2. The number of carbonyl (C=O) groups is 2. The maximum absolute atomic E-state index is 13.2. The van der Waals surface area contributed by atoms with Crippen LogP contribution in [0, 0.1) is 5.92 Å². The van der Waals surface area contributed by atoms with Crippen molar-refractivity contribution < 1.29 is 19.4 Å². The molecule has 3 aromatic carbocycles. The molecule has 0 amide bonds. The SMILES string of the molecule is CCC(C)Cc1ccc(C(C)Oc2ccc(CC(=O)c3cn(CCCC(=O)O)c4ccccc34)cc2)cc1. The number of Topliss-reactive ketones (excluding diaryl/α,β-unsaturated/α-hetero) is 1. The molecule has 0 radical (unpaired) electrons. The number of fused-ring (bicyclic) bond motifs is 1. The molecule has 1 aromatic heterocycles. The predicted octanol–water partition coefficient (Wildman–Crippen LogP) is 7.66. The van der Waals surface area contributed by atoms with Gasteiger partial charge in [0.2, 0.25) is 0 Å². The monoisotopic (exact) mass is 511 g/mol. The van der Waals surface area contributed by atoms with E-state index in [0.717, 1.165) is 34.2 Å². The normalized spacial score (nSPS) is 12.8. The maximum Gasteiger partial charge on any atom is 0.303 e. The minimum Gasteiger partial charge on any atom is -0.486 e. The van der Waals surface area contributed by atoms with Gasteiger partial charge in [0.1, 0.15) is 11.9 Å². The van der Waals surface area contributed by atoms with E-state index >= 15 is 0 Å². The smallest absolute Gasteiger partial charge is 0.303 e. The van der Waals surface area contributed by atoms with E-state index in [0.29, 0.717) is 24.4 Å². The molecule has 4 rings (SSSR count). The van der Waals surface area contributed by atoms with Crippen LogP contribution in [-0.2, 0) is 24.2 Å². The minimum absolute atomic E-state index is 0.0395. The molecule has 0 bridgehead atoms. The van der Waals surface area contributed by atoms with Crippen molar-refractivity contribution in [1.82, 2.24) is 4.57 Å². The molecule has 0 aliphatic heterocycles. The molecule has 38 heavy (non-hydrogen) atoms. The second-order valence-corrected chi connectivity index (χ2v) is 10.2. The van der Waals surface area contributed by atoms with Crippen LogP contribution in [0.4, 0.5) is 0 Å². The van der Waals surface area contributed by atoms with Crippen LogP contribution in [0.1, 0.15) is 73.2 Å². The number of ether oxygens (including phenoxy) is 1. The van der Waals surface area contributed by atoms with Crippen LogP contribution in [0.3, 0.4) is 0 Å². The third-order valence-electron chi connectivity index (χ3n) is 7.21. The van der Waals surface area contributed by atoms with E-state index in [9.17, 15) is 9.59 Å². The van der Waals surface area contributed by atoms with E-state index in [2.05, 4.69) is 38.1 Å². The number of benzene rings is 3. The Morgan fingerprint density at radius 1 is 0.921 bits per heavy atom. The first-order chi connectivity index (χ1) is 18.3. The van der Waals surface area contributed by atoms with Crippen molar-refractivity contribution in [2.75, 3.05) is 0 Å². The first-order valence-corrected chi connectivity index (χ1v) is 13.5. The fourth-order valence-electron chi connectivity index (χ4n) is 4.76. The van der Waals surface area contributed by atoms with Gasteiger partial charge in [-0.05, 0) is 60.6 Å². The third kappa shape index (κ3) is 6.91. The van der Waals surface area contributed by atoms with E-state index in [1.807, 2.05) is 66.2 Å². The molecule has 4 aromatic rings. The van der Waals surface area contributed by atoms with E-state index < -0.39 is 5.97 Å². The van der Waals surface area contributed by atoms with E-state index in [4.69, 9.17) is 9.84 Å². The summed E-state index contributed by atoms with van der Waals surface area (Å²) in [6.07, 6.45) is 4.97. The Balaban J connectivity index is 1.39. The van der Waals surface area contributed by atoms with Crippen LogP contribution in [0.25, 0.3) is 10.9 Å². The number of carboxylic acid groups (broad SMARTS) is 1. The molecule has 1 heterocycles. The van der Waals surface area contributed by atoms with Crippen molar-refractivity contribution in [3.05, 3.63) is 101 Å². The van der Waals surface area contributed by atoms with Gasteiger partial charge in [-0.1, -0.05) is 74.9 Å². The van der Waals surface area contributed by atoms with Gasteiger partial charge < -0.3 is 14.4 Å². The summed E-state index contributed by atoms with van der Waals surface area (Å²) in [6, 6.07) is 24.2. The number of hydrogen-bond acceptors (Lipinski definition) is 3. The van der Waals surface area contributed by atoms with E-state index in [1.165, 1.54) is 12.0 Å². The number of para-hydroxylation sites is 1. The average Bonchev–Trinajstić information content (AvgIpc) is 3.28.